The number of benzene rings is 2. The van der Waals surface area contributed by atoms with E-state index < -0.39 is 65.3 Å². The third-order valence-corrected chi connectivity index (χ3v) is 8.36. The molecule has 2 aromatic carbocycles. The lowest BCUT2D eigenvalue weighted by molar-refractivity contribution is -0.147. The van der Waals surface area contributed by atoms with E-state index in [2.05, 4.69) is 5.32 Å². The van der Waals surface area contributed by atoms with Crippen molar-refractivity contribution >= 4 is 29.6 Å². The summed E-state index contributed by atoms with van der Waals surface area (Å²) < 4.78 is 36.1. The predicted molar refractivity (Wildman–Crippen MR) is 183 cm³/mol. The molecule has 272 valence electrons. The Labute approximate surface area is 294 Å². The summed E-state index contributed by atoms with van der Waals surface area (Å²) in [4.78, 5) is 63.9. The number of carbonyl (C=O) groups excluding carboxylic acids is 5. The van der Waals surface area contributed by atoms with Crippen LogP contribution in [0.15, 0.2) is 72.9 Å². The number of esters is 1. The second-order valence-corrected chi connectivity index (χ2v) is 13.2. The summed E-state index contributed by atoms with van der Waals surface area (Å²) in [7, 11) is 0. The Kier molecular flexibility index (Phi) is 13.0. The van der Waals surface area contributed by atoms with Crippen LogP contribution in [0.5, 0.6) is 0 Å². The summed E-state index contributed by atoms with van der Waals surface area (Å²) in [5.41, 5.74) is 7.51. The van der Waals surface area contributed by atoms with Crippen LogP contribution in [-0.2, 0) is 35.3 Å². The molecule has 14 heteroatoms. The molecule has 1 aliphatic heterocycles. The summed E-state index contributed by atoms with van der Waals surface area (Å²) in [5, 5.41) is 12.6. The van der Waals surface area contributed by atoms with Gasteiger partial charge in [-0.1, -0.05) is 51.1 Å². The highest BCUT2D eigenvalue weighted by atomic mass is 19.1. The Bertz CT molecular complexity index is 1750. The van der Waals surface area contributed by atoms with Crippen LogP contribution in [0.25, 0.3) is 11.1 Å². The van der Waals surface area contributed by atoms with E-state index in [1.807, 2.05) is 55.7 Å². The van der Waals surface area contributed by atoms with E-state index in [4.69, 9.17) is 10.5 Å². The minimum absolute atomic E-state index is 0.00863. The lowest BCUT2D eigenvalue weighted by Gasteiger charge is -2.41. The second-order valence-electron chi connectivity index (χ2n) is 13.2. The fourth-order valence-electron chi connectivity index (χ4n) is 5.90. The molecule has 0 spiro atoms. The number of nitrogens with one attached hydrogen (secondary N) is 1. The van der Waals surface area contributed by atoms with Gasteiger partial charge in [-0.2, -0.15) is 0 Å². The van der Waals surface area contributed by atoms with Gasteiger partial charge in [0.05, 0.1) is 25.0 Å². The van der Waals surface area contributed by atoms with Crippen molar-refractivity contribution < 1.29 is 42.6 Å². The molecule has 1 aromatic heterocycles. The molecule has 0 fully saturated rings. The fourth-order valence-corrected chi connectivity index (χ4v) is 5.90. The molecule has 4 N–H and O–H groups in total. The number of aliphatic hydroxyl groups excluding tert-OH is 1. The van der Waals surface area contributed by atoms with Crippen molar-refractivity contribution in [2.75, 3.05) is 32.8 Å². The van der Waals surface area contributed by atoms with Gasteiger partial charge in [-0.25, -0.2) is 8.78 Å². The molecule has 2 atom stereocenters. The molecular weight excluding hydrogens is 664 g/mol. The number of carbonyl (C=O) groups is 5. The van der Waals surface area contributed by atoms with E-state index in [1.165, 1.54) is 4.90 Å². The second kappa shape index (κ2) is 17.1. The first-order valence-electron chi connectivity index (χ1n) is 16.5. The topological polar surface area (TPSA) is 164 Å². The summed E-state index contributed by atoms with van der Waals surface area (Å²) in [6, 6.07) is 12.6. The fraction of sp³-hybridized carbons (Fsp3) is 0.378. The quantitative estimate of drug-likeness (QED) is 0.151. The van der Waals surface area contributed by atoms with E-state index >= 15 is 0 Å². The van der Waals surface area contributed by atoms with Crippen LogP contribution in [0.2, 0.25) is 0 Å². The third-order valence-electron chi connectivity index (χ3n) is 8.36. The number of nitrogens with zero attached hydrogens (tertiary/aromatic N) is 3. The minimum atomic E-state index is -1.09. The Balaban J connectivity index is 1.47. The van der Waals surface area contributed by atoms with Gasteiger partial charge in [-0.05, 0) is 41.7 Å². The molecule has 1 aliphatic rings. The molecule has 0 unspecified atom stereocenters. The first kappa shape index (κ1) is 38.6. The highest BCUT2D eigenvalue weighted by molar-refractivity contribution is 6.12. The highest BCUT2D eigenvalue weighted by Gasteiger charge is 2.37. The van der Waals surface area contributed by atoms with Gasteiger partial charge in [0, 0.05) is 54.8 Å². The van der Waals surface area contributed by atoms with E-state index in [0.717, 1.165) is 40.8 Å². The van der Waals surface area contributed by atoms with Crippen LogP contribution in [-0.4, -0.2) is 88.0 Å². The molecule has 0 saturated carbocycles. The van der Waals surface area contributed by atoms with E-state index in [-0.39, 0.29) is 44.6 Å². The first-order valence-corrected chi connectivity index (χ1v) is 16.5. The molecule has 0 aliphatic carbocycles. The normalized spacial score (nSPS) is 14.1. The van der Waals surface area contributed by atoms with Gasteiger partial charge >= 0.3 is 5.97 Å². The molecule has 51 heavy (non-hydrogen) atoms. The number of aromatic nitrogens is 1. The van der Waals surface area contributed by atoms with Gasteiger partial charge in [-0.15, -0.1) is 0 Å². The van der Waals surface area contributed by atoms with E-state index in [1.54, 1.807) is 12.3 Å². The number of amides is 4. The van der Waals surface area contributed by atoms with Crippen molar-refractivity contribution in [2.45, 2.75) is 52.2 Å². The maximum absolute atomic E-state index is 15.0. The number of halogens is 2. The van der Waals surface area contributed by atoms with Crippen molar-refractivity contribution in [1.82, 2.24) is 19.7 Å². The first-order chi connectivity index (χ1) is 24.2. The molecule has 2 heterocycles. The Hall–Kier alpha value is -5.21. The van der Waals surface area contributed by atoms with Crippen molar-refractivity contribution in [3.05, 3.63) is 95.8 Å². The van der Waals surface area contributed by atoms with Crippen LogP contribution in [0.4, 0.5) is 8.78 Å². The standard InChI is InChI=1S/C37H43F2N5O7/c1-37(2,3)35(30-19-25(27-20-26(38)9-10-28(27)39)22-42(30)21-24-7-5-4-6-8-24)44(33(48)23-45)16-14-29(40)36(50)41-15-13-34(49)51-18-17-43-31(46)11-12-32(43)47/h4-12,19-20,22,29,35,45H,13-18,21,23,40H2,1-3H3,(H,41,50)/t29-,35-/m0/s1. The van der Waals surface area contributed by atoms with Crippen LogP contribution < -0.4 is 11.1 Å². The lowest BCUT2D eigenvalue weighted by atomic mass is 9.82. The summed E-state index contributed by atoms with van der Waals surface area (Å²) >= 11 is 0. The highest BCUT2D eigenvalue weighted by Crippen LogP contribution is 2.41. The molecule has 4 rings (SSSR count). The average Bonchev–Trinajstić information content (AvgIpc) is 3.64. The number of hydrogen-bond acceptors (Lipinski definition) is 8. The Morgan fingerprint density at radius 3 is 2.35 bits per heavy atom. The molecule has 0 bridgehead atoms. The van der Waals surface area contributed by atoms with Gasteiger partial charge in [-0.3, -0.25) is 28.9 Å². The molecular formula is C37H43F2N5O7. The number of hydrogen-bond donors (Lipinski definition) is 3. The largest absolute Gasteiger partial charge is 0.464 e. The number of rotatable bonds is 16. The van der Waals surface area contributed by atoms with E-state index in [0.29, 0.717) is 17.8 Å². The van der Waals surface area contributed by atoms with Crippen molar-refractivity contribution in [1.29, 1.82) is 0 Å². The molecule has 0 radical (unpaired) electrons. The van der Waals surface area contributed by atoms with Gasteiger partial charge in [0.1, 0.15) is 24.8 Å². The van der Waals surface area contributed by atoms with Crippen molar-refractivity contribution in [3.63, 3.8) is 0 Å². The average molecular weight is 708 g/mol. The van der Waals surface area contributed by atoms with Crippen LogP contribution in [0.1, 0.15) is 50.9 Å². The summed E-state index contributed by atoms with van der Waals surface area (Å²) in [5.74, 6) is -4.06. The lowest BCUT2D eigenvalue weighted by Crippen LogP contribution is -2.47. The summed E-state index contributed by atoms with van der Waals surface area (Å²) in [6.07, 6.45) is 3.76. The van der Waals surface area contributed by atoms with Crippen molar-refractivity contribution in [2.24, 2.45) is 11.1 Å². The predicted octanol–water partition coefficient (Wildman–Crippen LogP) is 3.08. The smallest absolute Gasteiger partial charge is 0.307 e. The molecule has 12 nitrogen and oxygen atoms in total. The zero-order valence-electron chi connectivity index (χ0n) is 28.8. The number of imide groups is 1. The van der Waals surface area contributed by atoms with E-state index in [9.17, 15) is 37.9 Å². The van der Waals surface area contributed by atoms with Gasteiger partial charge < -0.3 is 30.4 Å². The zero-order valence-corrected chi connectivity index (χ0v) is 28.8. The van der Waals surface area contributed by atoms with Crippen LogP contribution >= 0.6 is 0 Å². The van der Waals surface area contributed by atoms with Gasteiger partial charge in [0.15, 0.2) is 0 Å². The maximum Gasteiger partial charge on any atom is 0.307 e. The zero-order chi connectivity index (χ0) is 37.3. The number of aliphatic hydroxyl groups is 1. The van der Waals surface area contributed by atoms with Gasteiger partial charge in [0.2, 0.25) is 11.8 Å². The minimum Gasteiger partial charge on any atom is -0.464 e. The number of nitrogens with two attached hydrogens (primary N) is 1. The summed E-state index contributed by atoms with van der Waals surface area (Å²) in [6.45, 7) is 4.82. The number of ether oxygens (including phenoxy) is 1. The SMILES string of the molecule is CC(C)(C)[C@H](c1cc(-c2cc(F)ccc2F)cn1Cc1ccccc1)N(CC[C@H](N)C(=O)NCCC(=O)OCCN1C(=O)C=CC1=O)C(=O)CO. The van der Waals surface area contributed by atoms with Crippen molar-refractivity contribution in [3.8, 4) is 11.1 Å². The Morgan fingerprint density at radius 2 is 1.71 bits per heavy atom. The van der Waals surface area contributed by atoms with Gasteiger partial charge in [0.25, 0.3) is 11.8 Å². The monoisotopic (exact) mass is 707 g/mol. The van der Waals surface area contributed by atoms with Crippen LogP contribution in [0.3, 0.4) is 0 Å². The molecule has 4 amide bonds. The Morgan fingerprint density at radius 1 is 1.02 bits per heavy atom. The third kappa shape index (κ3) is 10.2. The molecule has 0 saturated heterocycles. The van der Waals surface area contributed by atoms with Crippen LogP contribution in [0, 0.1) is 17.0 Å². The molecule has 3 aromatic rings. The maximum atomic E-state index is 15.0.